The van der Waals surface area contributed by atoms with Gasteiger partial charge in [0.1, 0.15) is 6.61 Å². The third kappa shape index (κ3) is 4.42. The highest BCUT2D eigenvalue weighted by Crippen LogP contribution is 2.12. The molecule has 102 valence electrons. The lowest BCUT2D eigenvalue weighted by Crippen LogP contribution is -2.31. The van der Waals surface area contributed by atoms with Crippen molar-refractivity contribution in [3.05, 3.63) is 34.9 Å². The second kappa shape index (κ2) is 7.60. The number of benzene rings is 1. The summed E-state index contributed by atoms with van der Waals surface area (Å²) in [6.45, 7) is 7.28. The number of rotatable bonds is 4. The Balaban J connectivity index is 3.05. The summed E-state index contributed by atoms with van der Waals surface area (Å²) in [5, 5.41) is 8.72. The van der Waals surface area contributed by atoms with Crippen LogP contribution >= 0.6 is 0 Å². The summed E-state index contributed by atoms with van der Waals surface area (Å²) >= 11 is 0. The lowest BCUT2D eigenvalue weighted by Gasteiger charge is -2.20. The predicted molar refractivity (Wildman–Crippen MR) is 77.0 cm³/mol. The number of aryl methyl sites for hydroxylation is 1. The van der Waals surface area contributed by atoms with Gasteiger partial charge in [-0.2, -0.15) is 0 Å². The maximum Gasteiger partial charge on any atom is 0.253 e. The second-order valence-electron chi connectivity index (χ2n) is 4.43. The van der Waals surface area contributed by atoms with Gasteiger partial charge >= 0.3 is 0 Å². The first kappa shape index (κ1) is 15.3. The Morgan fingerprint density at radius 2 is 2.05 bits per heavy atom. The molecule has 0 unspecified atom stereocenters. The molecule has 3 heteroatoms. The van der Waals surface area contributed by atoms with E-state index in [0.717, 1.165) is 24.1 Å². The van der Waals surface area contributed by atoms with Gasteiger partial charge in [-0.25, -0.2) is 0 Å². The molecule has 19 heavy (non-hydrogen) atoms. The number of amides is 1. The molecule has 3 nitrogen and oxygen atoms in total. The van der Waals surface area contributed by atoms with Crippen LogP contribution in [0.4, 0.5) is 0 Å². The van der Waals surface area contributed by atoms with Crippen molar-refractivity contribution in [1.82, 2.24) is 4.90 Å². The molecule has 0 aliphatic rings. The molecule has 0 aliphatic heterocycles. The Kier molecular flexibility index (Phi) is 6.11. The average Bonchev–Trinajstić information content (AvgIpc) is 2.41. The first-order valence-electron chi connectivity index (χ1n) is 6.63. The summed E-state index contributed by atoms with van der Waals surface area (Å²) in [5.74, 6) is 5.50. The first-order valence-corrected chi connectivity index (χ1v) is 6.63. The lowest BCUT2D eigenvalue weighted by molar-refractivity contribution is 0.0764. The molecule has 0 aromatic heterocycles. The van der Waals surface area contributed by atoms with E-state index in [4.69, 9.17) is 5.11 Å². The Morgan fingerprint density at radius 1 is 1.32 bits per heavy atom. The molecule has 0 fully saturated rings. The minimum atomic E-state index is -0.172. The van der Waals surface area contributed by atoms with Crippen molar-refractivity contribution in [1.29, 1.82) is 0 Å². The summed E-state index contributed by atoms with van der Waals surface area (Å²) in [4.78, 5) is 14.2. The summed E-state index contributed by atoms with van der Waals surface area (Å²) in [6.07, 6.45) is 0.947. The largest absolute Gasteiger partial charge is 0.384 e. The third-order valence-corrected chi connectivity index (χ3v) is 2.80. The molecule has 0 bridgehead atoms. The summed E-state index contributed by atoms with van der Waals surface area (Å²) < 4.78 is 0. The van der Waals surface area contributed by atoms with Gasteiger partial charge in [-0.3, -0.25) is 4.79 Å². The standard InChI is InChI=1S/C16H21NO2/c1-4-8-17(5-2)16(19)15-11-13(3)10-14(12-15)7-6-9-18/h10-12,18H,4-5,8-9H2,1-3H3. The second-order valence-corrected chi connectivity index (χ2v) is 4.43. The zero-order valence-electron chi connectivity index (χ0n) is 11.9. The number of aliphatic hydroxyl groups excluding tert-OH is 1. The van der Waals surface area contributed by atoms with E-state index in [-0.39, 0.29) is 12.5 Å². The number of nitrogens with zero attached hydrogens (tertiary/aromatic N) is 1. The van der Waals surface area contributed by atoms with Gasteiger partial charge in [0.25, 0.3) is 5.91 Å². The normalized spacial score (nSPS) is 9.68. The van der Waals surface area contributed by atoms with Gasteiger partial charge in [-0.15, -0.1) is 0 Å². The zero-order chi connectivity index (χ0) is 14.3. The van der Waals surface area contributed by atoms with Gasteiger partial charge in [0.15, 0.2) is 0 Å². The van der Waals surface area contributed by atoms with Crippen LogP contribution in [-0.2, 0) is 0 Å². The van der Waals surface area contributed by atoms with E-state index < -0.39 is 0 Å². The van der Waals surface area contributed by atoms with E-state index in [9.17, 15) is 4.79 Å². The van der Waals surface area contributed by atoms with Gasteiger partial charge in [0, 0.05) is 24.2 Å². The van der Waals surface area contributed by atoms with Crippen LogP contribution in [0.15, 0.2) is 18.2 Å². The highest BCUT2D eigenvalue weighted by atomic mass is 16.2. The van der Waals surface area contributed by atoms with Gasteiger partial charge in [-0.1, -0.05) is 18.8 Å². The molecule has 1 aromatic rings. The Labute approximate surface area is 115 Å². The molecule has 0 heterocycles. The minimum Gasteiger partial charge on any atom is -0.384 e. The number of carbonyl (C=O) groups excluding carboxylic acids is 1. The van der Waals surface area contributed by atoms with Crippen LogP contribution < -0.4 is 0 Å². The van der Waals surface area contributed by atoms with E-state index in [2.05, 4.69) is 18.8 Å². The third-order valence-electron chi connectivity index (χ3n) is 2.80. The predicted octanol–water partition coefficient (Wildman–Crippen LogP) is 2.21. The molecule has 0 atom stereocenters. The van der Waals surface area contributed by atoms with E-state index in [1.165, 1.54) is 0 Å². The lowest BCUT2D eigenvalue weighted by atomic mass is 10.1. The molecule has 1 N–H and O–H groups in total. The van der Waals surface area contributed by atoms with Crippen LogP contribution in [0.2, 0.25) is 0 Å². The fourth-order valence-corrected chi connectivity index (χ4v) is 1.98. The van der Waals surface area contributed by atoms with Gasteiger partial charge < -0.3 is 10.0 Å². The zero-order valence-corrected chi connectivity index (χ0v) is 11.9. The van der Waals surface area contributed by atoms with Crippen molar-refractivity contribution in [2.24, 2.45) is 0 Å². The van der Waals surface area contributed by atoms with Crippen LogP contribution in [0.25, 0.3) is 0 Å². The van der Waals surface area contributed by atoms with E-state index in [1.54, 1.807) is 6.07 Å². The highest BCUT2D eigenvalue weighted by molar-refractivity contribution is 5.94. The summed E-state index contributed by atoms with van der Waals surface area (Å²) in [5.41, 5.74) is 2.43. The molecule has 0 saturated carbocycles. The fraction of sp³-hybridized carbons (Fsp3) is 0.438. The highest BCUT2D eigenvalue weighted by Gasteiger charge is 2.13. The monoisotopic (exact) mass is 259 g/mol. The van der Waals surface area contributed by atoms with E-state index in [0.29, 0.717) is 12.1 Å². The average molecular weight is 259 g/mol. The van der Waals surface area contributed by atoms with Gasteiger partial charge in [0.05, 0.1) is 0 Å². The van der Waals surface area contributed by atoms with Crippen LogP contribution in [0.1, 0.15) is 41.8 Å². The molecular formula is C16H21NO2. The SMILES string of the molecule is CCCN(CC)C(=O)c1cc(C)cc(C#CCO)c1. The van der Waals surface area contributed by atoms with E-state index in [1.807, 2.05) is 30.9 Å². The molecule has 1 aromatic carbocycles. The first-order chi connectivity index (χ1) is 9.12. The van der Waals surface area contributed by atoms with Gasteiger partial charge in [-0.05, 0) is 44.0 Å². The summed E-state index contributed by atoms with van der Waals surface area (Å²) in [7, 11) is 0. The minimum absolute atomic E-state index is 0.0418. The number of hydrogen-bond acceptors (Lipinski definition) is 2. The Hall–Kier alpha value is -1.79. The molecule has 0 aliphatic carbocycles. The quantitative estimate of drug-likeness (QED) is 0.842. The number of hydrogen-bond donors (Lipinski definition) is 1. The molecule has 0 radical (unpaired) electrons. The topological polar surface area (TPSA) is 40.5 Å². The van der Waals surface area contributed by atoms with Crippen molar-refractivity contribution < 1.29 is 9.90 Å². The smallest absolute Gasteiger partial charge is 0.253 e. The number of aliphatic hydroxyl groups is 1. The molecule has 1 rings (SSSR count). The fourth-order valence-electron chi connectivity index (χ4n) is 1.98. The van der Waals surface area contributed by atoms with Crippen molar-refractivity contribution >= 4 is 5.91 Å². The van der Waals surface area contributed by atoms with Crippen LogP contribution in [0.3, 0.4) is 0 Å². The molecule has 1 amide bonds. The molecular weight excluding hydrogens is 238 g/mol. The van der Waals surface area contributed by atoms with E-state index >= 15 is 0 Å². The van der Waals surface area contributed by atoms with Crippen molar-refractivity contribution in [3.8, 4) is 11.8 Å². The van der Waals surface area contributed by atoms with Crippen LogP contribution in [0, 0.1) is 18.8 Å². The maximum absolute atomic E-state index is 12.4. The Morgan fingerprint density at radius 3 is 2.63 bits per heavy atom. The van der Waals surface area contributed by atoms with Gasteiger partial charge in [0.2, 0.25) is 0 Å². The van der Waals surface area contributed by atoms with Crippen molar-refractivity contribution in [2.45, 2.75) is 27.2 Å². The number of carbonyl (C=O) groups is 1. The molecule has 0 saturated heterocycles. The molecule has 0 spiro atoms. The van der Waals surface area contributed by atoms with Crippen LogP contribution in [-0.4, -0.2) is 35.6 Å². The van der Waals surface area contributed by atoms with Crippen molar-refractivity contribution in [3.63, 3.8) is 0 Å². The van der Waals surface area contributed by atoms with Crippen molar-refractivity contribution in [2.75, 3.05) is 19.7 Å². The maximum atomic E-state index is 12.4. The van der Waals surface area contributed by atoms with Crippen LogP contribution in [0.5, 0.6) is 0 Å². The summed E-state index contributed by atoms with van der Waals surface area (Å²) in [6, 6.07) is 5.58. The Bertz CT molecular complexity index is 497.